The molecule has 0 unspecified atom stereocenters. The molecule has 1 aromatic carbocycles. The van der Waals surface area contributed by atoms with Crippen molar-refractivity contribution < 1.29 is 0 Å². The van der Waals surface area contributed by atoms with E-state index in [1.165, 1.54) is 6.21 Å². The molecular formula is C8H11Cl4N5. The van der Waals surface area contributed by atoms with Crippen molar-refractivity contribution in [1.29, 1.82) is 5.41 Å². The highest BCUT2D eigenvalue weighted by Gasteiger charge is 2.06. The number of hydrogen-bond donors (Lipinski definition) is 4. The van der Waals surface area contributed by atoms with E-state index in [-0.39, 0.29) is 30.8 Å². The Bertz CT molecular complexity index is 421. The Kier molecular flexibility index (Phi) is 8.97. The van der Waals surface area contributed by atoms with Gasteiger partial charge >= 0.3 is 0 Å². The van der Waals surface area contributed by atoms with Gasteiger partial charge in [-0.1, -0.05) is 23.2 Å². The molecule has 0 amide bonds. The lowest BCUT2D eigenvalue weighted by atomic mass is 10.2. The molecule has 0 atom stereocenters. The van der Waals surface area contributed by atoms with E-state index in [1.807, 2.05) is 0 Å². The standard InChI is InChI=1S/C8H9Cl2N5.2ClH/c9-5-1-2-6(11)7(10)4(5)3-14-15-8(12)13;;/h1-3H,11H2,(H4,12,13,15);2*1H/b14-3+;;. The summed E-state index contributed by atoms with van der Waals surface area (Å²) in [6, 6.07) is 3.21. The quantitative estimate of drug-likeness (QED) is 0.291. The summed E-state index contributed by atoms with van der Waals surface area (Å²) in [5.41, 5.74) is 13.7. The first-order valence-electron chi connectivity index (χ1n) is 3.89. The van der Waals surface area contributed by atoms with Gasteiger partial charge < -0.3 is 11.5 Å². The molecule has 1 aromatic rings. The molecule has 1 rings (SSSR count). The average Bonchev–Trinajstić information content (AvgIpc) is 2.17. The summed E-state index contributed by atoms with van der Waals surface area (Å²) in [5.74, 6) is -0.276. The number of halogens is 4. The van der Waals surface area contributed by atoms with Crippen LogP contribution in [0.25, 0.3) is 0 Å². The number of nitrogens with one attached hydrogen (secondary N) is 2. The molecule has 5 nitrogen and oxygen atoms in total. The summed E-state index contributed by atoms with van der Waals surface area (Å²) < 4.78 is 0. The normalized spacial score (nSPS) is 9.29. The second kappa shape index (κ2) is 8.25. The molecular weight excluding hydrogens is 308 g/mol. The summed E-state index contributed by atoms with van der Waals surface area (Å²) >= 11 is 11.8. The van der Waals surface area contributed by atoms with Crippen LogP contribution in [-0.2, 0) is 0 Å². The van der Waals surface area contributed by atoms with Gasteiger partial charge in [0.15, 0.2) is 0 Å². The number of nitrogen functional groups attached to an aromatic ring is 1. The van der Waals surface area contributed by atoms with Gasteiger partial charge in [-0.2, -0.15) is 5.10 Å². The number of hydrogen-bond acceptors (Lipinski definition) is 3. The number of benzene rings is 1. The number of anilines is 1. The van der Waals surface area contributed by atoms with Crippen molar-refractivity contribution in [3.63, 3.8) is 0 Å². The minimum Gasteiger partial charge on any atom is -0.398 e. The van der Waals surface area contributed by atoms with Crippen molar-refractivity contribution in [3.05, 3.63) is 27.7 Å². The fraction of sp³-hybridized carbons (Fsp3) is 0. The van der Waals surface area contributed by atoms with E-state index in [0.29, 0.717) is 21.3 Å². The van der Waals surface area contributed by atoms with Crippen LogP contribution >= 0.6 is 48.0 Å². The summed E-state index contributed by atoms with van der Waals surface area (Å²) in [5, 5.41) is 11.3. The van der Waals surface area contributed by atoms with Crippen molar-refractivity contribution in [3.8, 4) is 0 Å². The van der Waals surface area contributed by atoms with E-state index < -0.39 is 0 Å². The zero-order valence-electron chi connectivity index (χ0n) is 8.41. The minimum atomic E-state index is -0.276. The highest BCUT2D eigenvalue weighted by Crippen LogP contribution is 2.28. The number of nitrogens with two attached hydrogens (primary N) is 2. The van der Waals surface area contributed by atoms with Gasteiger partial charge in [-0.05, 0) is 12.1 Å². The predicted octanol–water partition coefficient (Wildman–Crippen LogP) is 2.24. The molecule has 0 spiro atoms. The molecule has 0 radical (unpaired) electrons. The minimum absolute atomic E-state index is 0. The fourth-order valence-corrected chi connectivity index (χ4v) is 1.34. The van der Waals surface area contributed by atoms with Crippen molar-refractivity contribution >= 4 is 65.9 Å². The molecule has 0 aliphatic heterocycles. The smallest absolute Gasteiger partial charge is 0.206 e. The Morgan fingerprint density at radius 1 is 1.35 bits per heavy atom. The van der Waals surface area contributed by atoms with Crippen LogP contribution in [0.4, 0.5) is 5.69 Å². The molecule has 96 valence electrons. The molecule has 0 fully saturated rings. The lowest BCUT2D eigenvalue weighted by Gasteiger charge is -2.04. The first-order chi connectivity index (χ1) is 7.02. The highest BCUT2D eigenvalue weighted by molar-refractivity contribution is 6.40. The Balaban J connectivity index is 0. The van der Waals surface area contributed by atoms with E-state index in [2.05, 4.69) is 10.5 Å². The molecule has 0 bridgehead atoms. The van der Waals surface area contributed by atoms with E-state index >= 15 is 0 Å². The molecule has 0 aliphatic carbocycles. The second-order valence-corrected chi connectivity index (χ2v) is 3.43. The van der Waals surface area contributed by atoms with Crippen LogP contribution in [0.15, 0.2) is 17.2 Å². The van der Waals surface area contributed by atoms with Gasteiger partial charge in [0.2, 0.25) is 5.96 Å². The maximum atomic E-state index is 6.87. The maximum absolute atomic E-state index is 6.87. The van der Waals surface area contributed by atoms with Crippen molar-refractivity contribution in [2.75, 3.05) is 5.73 Å². The Morgan fingerprint density at radius 2 is 1.94 bits per heavy atom. The van der Waals surface area contributed by atoms with E-state index in [1.54, 1.807) is 12.1 Å². The Morgan fingerprint density at radius 3 is 2.47 bits per heavy atom. The van der Waals surface area contributed by atoms with Crippen LogP contribution in [0.2, 0.25) is 10.0 Å². The summed E-state index contributed by atoms with van der Waals surface area (Å²) in [6.45, 7) is 0. The molecule has 0 saturated carbocycles. The van der Waals surface area contributed by atoms with Crippen LogP contribution in [0.1, 0.15) is 5.56 Å². The van der Waals surface area contributed by atoms with E-state index in [4.69, 9.17) is 40.1 Å². The third-order valence-corrected chi connectivity index (χ3v) is 2.29. The Labute approximate surface area is 121 Å². The van der Waals surface area contributed by atoms with Gasteiger partial charge in [0.1, 0.15) is 0 Å². The van der Waals surface area contributed by atoms with E-state index in [0.717, 1.165) is 0 Å². The largest absolute Gasteiger partial charge is 0.398 e. The monoisotopic (exact) mass is 317 g/mol. The lowest BCUT2D eigenvalue weighted by Crippen LogP contribution is -2.25. The summed E-state index contributed by atoms with van der Waals surface area (Å²) in [7, 11) is 0. The third kappa shape index (κ3) is 5.32. The van der Waals surface area contributed by atoms with Crippen molar-refractivity contribution in [2.24, 2.45) is 10.8 Å². The number of hydrazone groups is 1. The van der Waals surface area contributed by atoms with Crippen LogP contribution in [0.3, 0.4) is 0 Å². The number of rotatable bonds is 2. The fourth-order valence-electron chi connectivity index (χ4n) is 0.871. The van der Waals surface area contributed by atoms with Crippen LogP contribution in [0, 0.1) is 5.41 Å². The van der Waals surface area contributed by atoms with Crippen LogP contribution in [0.5, 0.6) is 0 Å². The molecule has 6 N–H and O–H groups in total. The first-order valence-corrected chi connectivity index (χ1v) is 4.64. The van der Waals surface area contributed by atoms with E-state index in [9.17, 15) is 0 Å². The van der Waals surface area contributed by atoms with Gasteiger partial charge in [-0.15, -0.1) is 24.8 Å². The summed E-state index contributed by atoms with van der Waals surface area (Å²) in [4.78, 5) is 0. The van der Waals surface area contributed by atoms with Crippen LogP contribution in [-0.4, -0.2) is 12.2 Å². The zero-order valence-corrected chi connectivity index (χ0v) is 11.6. The second-order valence-electron chi connectivity index (χ2n) is 2.65. The lowest BCUT2D eigenvalue weighted by molar-refractivity contribution is 1.00. The topological polar surface area (TPSA) is 100 Å². The van der Waals surface area contributed by atoms with Crippen molar-refractivity contribution in [2.45, 2.75) is 0 Å². The average molecular weight is 319 g/mol. The number of nitrogens with zero attached hydrogens (tertiary/aromatic N) is 1. The van der Waals surface area contributed by atoms with Gasteiger partial charge in [0.05, 0.1) is 21.9 Å². The highest BCUT2D eigenvalue weighted by atomic mass is 35.5. The molecule has 0 saturated heterocycles. The molecule has 17 heavy (non-hydrogen) atoms. The van der Waals surface area contributed by atoms with Crippen molar-refractivity contribution in [1.82, 2.24) is 5.43 Å². The molecule has 9 heteroatoms. The van der Waals surface area contributed by atoms with Gasteiger partial charge in [0, 0.05) is 5.56 Å². The third-order valence-electron chi connectivity index (χ3n) is 1.54. The molecule has 0 aromatic heterocycles. The van der Waals surface area contributed by atoms with Gasteiger partial charge in [-0.3, -0.25) is 5.41 Å². The Hall–Kier alpha value is -0.880. The number of guanidine groups is 1. The summed E-state index contributed by atoms with van der Waals surface area (Å²) in [6.07, 6.45) is 1.35. The molecule has 0 aliphatic rings. The zero-order chi connectivity index (χ0) is 11.4. The van der Waals surface area contributed by atoms with Crippen LogP contribution < -0.4 is 16.9 Å². The van der Waals surface area contributed by atoms with Gasteiger partial charge in [-0.25, -0.2) is 5.43 Å². The van der Waals surface area contributed by atoms with Gasteiger partial charge in [0.25, 0.3) is 0 Å². The maximum Gasteiger partial charge on any atom is 0.206 e. The SMILES string of the molecule is Cl.Cl.N=C(N)N/N=C/c1c(Cl)ccc(N)c1Cl. The molecule has 0 heterocycles. The first kappa shape index (κ1) is 18.5. The predicted molar refractivity (Wildman–Crippen MR) is 78.0 cm³/mol.